The number of rotatable bonds is 3. The van der Waals surface area contributed by atoms with Crippen molar-refractivity contribution >= 4 is 26.0 Å². The van der Waals surface area contributed by atoms with E-state index in [4.69, 9.17) is 5.26 Å². The van der Waals surface area contributed by atoms with Crippen LogP contribution in [0, 0.1) is 11.3 Å². The van der Waals surface area contributed by atoms with E-state index in [0.717, 1.165) is 6.26 Å². The van der Waals surface area contributed by atoms with Crippen molar-refractivity contribution in [1.29, 1.82) is 5.26 Å². The lowest BCUT2D eigenvalue weighted by atomic mass is 10.2. The van der Waals surface area contributed by atoms with Crippen LogP contribution in [0.15, 0.2) is 22.7 Å². The van der Waals surface area contributed by atoms with E-state index in [1.54, 1.807) is 18.2 Å². The summed E-state index contributed by atoms with van der Waals surface area (Å²) in [6, 6.07) is 6.84. The monoisotopic (exact) mass is 289 g/mol. The minimum Gasteiger partial charge on any atom is -0.265 e. The predicted molar refractivity (Wildman–Crippen MR) is 58.5 cm³/mol. The molecule has 0 aliphatic carbocycles. The fourth-order valence-electron chi connectivity index (χ4n) is 0.904. The van der Waals surface area contributed by atoms with Gasteiger partial charge in [0.25, 0.3) is 10.1 Å². The van der Waals surface area contributed by atoms with E-state index >= 15 is 0 Å². The molecule has 0 bridgehead atoms. The van der Waals surface area contributed by atoms with Gasteiger partial charge in [-0.3, -0.25) is 4.18 Å². The Morgan fingerprint density at radius 1 is 1.53 bits per heavy atom. The molecule has 80 valence electrons. The van der Waals surface area contributed by atoms with Gasteiger partial charge in [-0.2, -0.15) is 13.7 Å². The van der Waals surface area contributed by atoms with Crippen molar-refractivity contribution in [2.24, 2.45) is 0 Å². The number of benzene rings is 1. The fraction of sp³-hybridized carbons (Fsp3) is 0.222. The molecule has 0 aromatic heterocycles. The van der Waals surface area contributed by atoms with Crippen LogP contribution in [0.3, 0.4) is 0 Å². The zero-order valence-electron chi connectivity index (χ0n) is 7.90. The van der Waals surface area contributed by atoms with Crippen molar-refractivity contribution in [1.82, 2.24) is 0 Å². The third-order valence-electron chi connectivity index (χ3n) is 1.61. The van der Waals surface area contributed by atoms with Gasteiger partial charge in [-0.25, -0.2) is 0 Å². The van der Waals surface area contributed by atoms with E-state index < -0.39 is 10.1 Å². The van der Waals surface area contributed by atoms with Crippen molar-refractivity contribution in [2.45, 2.75) is 6.61 Å². The van der Waals surface area contributed by atoms with Gasteiger partial charge in [0.15, 0.2) is 0 Å². The summed E-state index contributed by atoms with van der Waals surface area (Å²) in [4.78, 5) is 0. The highest BCUT2D eigenvalue weighted by Gasteiger charge is 2.06. The molecule has 0 aliphatic heterocycles. The molecule has 1 aromatic rings. The Labute approximate surface area is 96.7 Å². The first kappa shape index (κ1) is 12.2. The SMILES string of the molecule is CS(=O)(=O)OCc1ccc(C#N)cc1Br. The van der Waals surface area contributed by atoms with Crippen LogP contribution in [-0.4, -0.2) is 14.7 Å². The topological polar surface area (TPSA) is 67.2 Å². The lowest BCUT2D eigenvalue weighted by Crippen LogP contribution is -2.03. The van der Waals surface area contributed by atoms with Gasteiger partial charge < -0.3 is 0 Å². The first-order valence-corrected chi connectivity index (χ1v) is 6.56. The molecular weight excluding hydrogens is 282 g/mol. The normalized spacial score (nSPS) is 11.0. The first-order chi connectivity index (χ1) is 6.92. The summed E-state index contributed by atoms with van der Waals surface area (Å²) in [7, 11) is -3.44. The van der Waals surface area contributed by atoms with Crippen LogP contribution in [0.4, 0.5) is 0 Å². The Morgan fingerprint density at radius 2 is 2.20 bits per heavy atom. The summed E-state index contributed by atoms with van der Waals surface area (Å²) in [6.07, 6.45) is 0.991. The molecule has 1 rings (SSSR count). The highest BCUT2D eigenvalue weighted by Crippen LogP contribution is 2.19. The molecule has 0 radical (unpaired) electrons. The Kier molecular flexibility index (Phi) is 3.85. The van der Waals surface area contributed by atoms with Gasteiger partial charge in [-0.05, 0) is 17.7 Å². The quantitative estimate of drug-likeness (QED) is 0.796. The van der Waals surface area contributed by atoms with E-state index in [-0.39, 0.29) is 6.61 Å². The lowest BCUT2D eigenvalue weighted by molar-refractivity contribution is 0.311. The van der Waals surface area contributed by atoms with E-state index in [0.29, 0.717) is 15.6 Å². The Morgan fingerprint density at radius 3 is 2.67 bits per heavy atom. The first-order valence-electron chi connectivity index (χ1n) is 3.95. The number of nitriles is 1. The highest BCUT2D eigenvalue weighted by molar-refractivity contribution is 9.10. The zero-order valence-corrected chi connectivity index (χ0v) is 10.3. The molecule has 0 atom stereocenters. The van der Waals surface area contributed by atoms with Crippen molar-refractivity contribution in [3.8, 4) is 6.07 Å². The molecule has 0 saturated carbocycles. The molecule has 0 heterocycles. The molecule has 0 spiro atoms. The van der Waals surface area contributed by atoms with Crippen LogP contribution in [0.1, 0.15) is 11.1 Å². The van der Waals surface area contributed by atoms with Gasteiger partial charge in [-0.15, -0.1) is 0 Å². The molecule has 0 amide bonds. The van der Waals surface area contributed by atoms with Crippen molar-refractivity contribution in [2.75, 3.05) is 6.26 Å². The third kappa shape index (κ3) is 4.00. The highest BCUT2D eigenvalue weighted by atomic mass is 79.9. The maximum absolute atomic E-state index is 10.7. The second kappa shape index (κ2) is 4.75. The molecule has 15 heavy (non-hydrogen) atoms. The fourth-order valence-corrected chi connectivity index (χ4v) is 1.74. The number of nitrogens with zero attached hydrogens (tertiary/aromatic N) is 1. The second-order valence-electron chi connectivity index (χ2n) is 2.88. The standard InChI is InChI=1S/C9H8BrNO3S/c1-15(12,13)14-6-8-3-2-7(5-11)4-9(8)10/h2-4H,6H2,1H3. The molecule has 0 N–H and O–H groups in total. The summed E-state index contributed by atoms with van der Waals surface area (Å²) in [5, 5.41) is 8.61. The molecule has 4 nitrogen and oxygen atoms in total. The van der Waals surface area contributed by atoms with Gasteiger partial charge in [0.2, 0.25) is 0 Å². The molecule has 0 saturated heterocycles. The number of halogens is 1. The summed E-state index contributed by atoms with van der Waals surface area (Å²) in [5.74, 6) is 0. The maximum Gasteiger partial charge on any atom is 0.264 e. The van der Waals surface area contributed by atoms with Crippen molar-refractivity contribution < 1.29 is 12.6 Å². The molecule has 1 aromatic carbocycles. The number of hydrogen-bond acceptors (Lipinski definition) is 4. The number of hydrogen-bond donors (Lipinski definition) is 0. The van der Waals surface area contributed by atoms with Gasteiger partial charge in [0.1, 0.15) is 0 Å². The van der Waals surface area contributed by atoms with Gasteiger partial charge in [-0.1, -0.05) is 22.0 Å². The molecule has 0 unspecified atom stereocenters. The van der Waals surface area contributed by atoms with E-state index in [1.165, 1.54) is 0 Å². The Hall–Kier alpha value is -0.900. The van der Waals surface area contributed by atoms with Crippen LogP contribution in [0.25, 0.3) is 0 Å². The smallest absolute Gasteiger partial charge is 0.264 e. The van der Waals surface area contributed by atoms with Crippen molar-refractivity contribution in [3.05, 3.63) is 33.8 Å². The molecule has 0 fully saturated rings. The van der Waals surface area contributed by atoms with Crippen LogP contribution < -0.4 is 0 Å². The third-order valence-corrected chi connectivity index (χ3v) is 2.89. The van der Waals surface area contributed by atoms with Crippen LogP contribution in [-0.2, 0) is 20.9 Å². The molecule has 0 aliphatic rings. The Balaban J connectivity index is 2.85. The van der Waals surface area contributed by atoms with Crippen LogP contribution in [0.2, 0.25) is 0 Å². The van der Waals surface area contributed by atoms with Gasteiger partial charge in [0.05, 0.1) is 24.5 Å². The van der Waals surface area contributed by atoms with Gasteiger partial charge in [0, 0.05) is 4.47 Å². The predicted octanol–water partition coefficient (Wildman–Crippen LogP) is 1.80. The van der Waals surface area contributed by atoms with E-state index in [1.807, 2.05) is 6.07 Å². The molecular formula is C9H8BrNO3S. The maximum atomic E-state index is 10.7. The van der Waals surface area contributed by atoms with Crippen LogP contribution in [0.5, 0.6) is 0 Å². The van der Waals surface area contributed by atoms with Crippen molar-refractivity contribution in [3.63, 3.8) is 0 Å². The second-order valence-corrected chi connectivity index (χ2v) is 5.38. The summed E-state index contributed by atoms with van der Waals surface area (Å²) >= 11 is 3.23. The van der Waals surface area contributed by atoms with E-state index in [2.05, 4.69) is 20.1 Å². The largest absolute Gasteiger partial charge is 0.265 e. The Bertz CT molecular complexity index is 505. The summed E-state index contributed by atoms with van der Waals surface area (Å²) in [5.41, 5.74) is 1.18. The average Bonchev–Trinajstić information content (AvgIpc) is 2.14. The minimum atomic E-state index is -3.44. The zero-order chi connectivity index (χ0) is 11.5. The average molecular weight is 290 g/mol. The molecule has 6 heteroatoms. The summed E-state index contributed by atoms with van der Waals surface area (Å²) < 4.78 is 26.8. The van der Waals surface area contributed by atoms with Crippen LogP contribution >= 0.6 is 15.9 Å². The minimum absolute atomic E-state index is 0.0366. The summed E-state index contributed by atoms with van der Waals surface area (Å²) in [6.45, 7) is -0.0366. The van der Waals surface area contributed by atoms with E-state index in [9.17, 15) is 8.42 Å². The lowest BCUT2D eigenvalue weighted by Gasteiger charge is -2.04. The van der Waals surface area contributed by atoms with Gasteiger partial charge >= 0.3 is 0 Å².